The van der Waals surface area contributed by atoms with Crippen molar-refractivity contribution in [1.82, 2.24) is 4.90 Å². The average Bonchev–Trinajstić information content (AvgIpc) is 2.48. The summed E-state index contributed by atoms with van der Waals surface area (Å²) >= 11 is 5.82. The van der Waals surface area contributed by atoms with Gasteiger partial charge in [0.2, 0.25) is 5.91 Å². The highest BCUT2D eigenvalue weighted by molar-refractivity contribution is 6.30. The van der Waals surface area contributed by atoms with Gasteiger partial charge < -0.3 is 9.64 Å². The molecule has 0 aliphatic carbocycles. The molecule has 1 unspecified atom stereocenters. The van der Waals surface area contributed by atoms with Gasteiger partial charge in [-0.25, -0.2) is 0 Å². The smallest absolute Gasteiger partial charge is 0.310 e. The van der Waals surface area contributed by atoms with Crippen molar-refractivity contribution in [3.8, 4) is 0 Å². The number of hydrogen-bond donors (Lipinski definition) is 0. The third-order valence-corrected chi connectivity index (χ3v) is 3.32. The number of carbonyl (C=O) groups excluding carboxylic acids is 2. The number of ether oxygens (including phenoxy) is 1. The fourth-order valence-corrected chi connectivity index (χ4v) is 2.05. The van der Waals surface area contributed by atoms with Gasteiger partial charge in [-0.3, -0.25) is 9.59 Å². The molecule has 0 saturated heterocycles. The van der Waals surface area contributed by atoms with Crippen LogP contribution < -0.4 is 0 Å². The average molecular weight is 310 g/mol. The van der Waals surface area contributed by atoms with Gasteiger partial charge in [-0.05, 0) is 17.7 Å². The topological polar surface area (TPSA) is 46.6 Å². The Morgan fingerprint density at radius 2 is 2.00 bits per heavy atom. The van der Waals surface area contributed by atoms with E-state index in [1.54, 1.807) is 30.0 Å². The molecule has 0 aromatic heterocycles. The minimum atomic E-state index is -0.371. The molecule has 0 fully saturated rings. The summed E-state index contributed by atoms with van der Waals surface area (Å²) in [6.45, 7) is 6.09. The Hall–Kier alpha value is -1.81. The lowest BCUT2D eigenvalue weighted by Crippen LogP contribution is -2.38. The van der Waals surface area contributed by atoms with Crippen molar-refractivity contribution in [3.05, 3.63) is 47.5 Å². The molecule has 1 rings (SSSR count). The molecule has 4 nitrogen and oxygen atoms in total. The molecule has 0 radical (unpaired) electrons. The summed E-state index contributed by atoms with van der Waals surface area (Å²) < 4.78 is 4.68. The fraction of sp³-hybridized carbons (Fsp3) is 0.375. The second-order valence-electron chi connectivity index (χ2n) is 4.81. The number of esters is 1. The van der Waals surface area contributed by atoms with Crippen molar-refractivity contribution in [2.45, 2.75) is 13.3 Å². The van der Waals surface area contributed by atoms with Crippen LogP contribution in [0.2, 0.25) is 5.02 Å². The quantitative estimate of drug-likeness (QED) is 0.575. The zero-order chi connectivity index (χ0) is 15.8. The van der Waals surface area contributed by atoms with Gasteiger partial charge in [0.25, 0.3) is 0 Å². The number of amides is 1. The maximum Gasteiger partial charge on any atom is 0.310 e. The molecule has 21 heavy (non-hydrogen) atoms. The van der Waals surface area contributed by atoms with Gasteiger partial charge in [0.05, 0.1) is 19.4 Å². The lowest BCUT2D eigenvalue weighted by Gasteiger charge is -2.23. The van der Waals surface area contributed by atoms with E-state index in [1.807, 2.05) is 12.1 Å². The molecule has 0 spiro atoms. The van der Waals surface area contributed by atoms with Gasteiger partial charge in [0.15, 0.2) is 0 Å². The summed E-state index contributed by atoms with van der Waals surface area (Å²) in [7, 11) is 1.34. The number of hydrogen-bond acceptors (Lipinski definition) is 3. The molecule has 1 atom stereocenters. The molecule has 0 bridgehead atoms. The van der Waals surface area contributed by atoms with E-state index in [0.717, 1.165) is 5.56 Å². The maximum absolute atomic E-state index is 12.3. The maximum atomic E-state index is 12.3. The normalized spacial score (nSPS) is 11.6. The van der Waals surface area contributed by atoms with E-state index in [2.05, 4.69) is 11.3 Å². The van der Waals surface area contributed by atoms with Gasteiger partial charge in [-0.1, -0.05) is 36.7 Å². The minimum absolute atomic E-state index is 0.0621. The number of nitrogens with zero attached hydrogens (tertiary/aromatic N) is 1. The third kappa shape index (κ3) is 5.60. The van der Waals surface area contributed by atoms with Crippen LogP contribution in [0.4, 0.5) is 0 Å². The van der Waals surface area contributed by atoms with Crippen LogP contribution in [-0.2, 0) is 20.7 Å². The predicted octanol–water partition coefficient (Wildman–Crippen LogP) is 2.71. The van der Waals surface area contributed by atoms with E-state index in [9.17, 15) is 9.59 Å². The second-order valence-corrected chi connectivity index (χ2v) is 5.25. The van der Waals surface area contributed by atoms with Crippen LogP contribution in [0.3, 0.4) is 0 Å². The summed E-state index contributed by atoms with van der Waals surface area (Å²) in [5.74, 6) is -0.763. The molecule has 1 amide bonds. The Morgan fingerprint density at radius 3 is 2.52 bits per heavy atom. The van der Waals surface area contributed by atoms with Crippen LogP contribution in [0, 0.1) is 5.92 Å². The minimum Gasteiger partial charge on any atom is -0.469 e. The Morgan fingerprint density at radius 1 is 1.38 bits per heavy atom. The van der Waals surface area contributed by atoms with Gasteiger partial charge in [0.1, 0.15) is 0 Å². The van der Waals surface area contributed by atoms with E-state index in [1.165, 1.54) is 7.11 Å². The first kappa shape index (κ1) is 17.2. The lowest BCUT2D eigenvalue weighted by molar-refractivity contribution is -0.146. The lowest BCUT2D eigenvalue weighted by atomic mass is 10.1. The van der Waals surface area contributed by atoms with Gasteiger partial charge in [-0.15, -0.1) is 6.58 Å². The van der Waals surface area contributed by atoms with E-state index in [4.69, 9.17) is 11.6 Å². The summed E-state index contributed by atoms with van der Waals surface area (Å²) in [5, 5.41) is 0.633. The highest BCUT2D eigenvalue weighted by Gasteiger charge is 2.20. The molecule has 0 aliphatic rings. The summed E-state index contributed by atoms with van der Waals surface area (Å²) in [5.41, 5.74) is 0.879. The molecule has 0 saturated carbocycles. The Bertz CT molecular complexity index is 499. The first-order chi connectivity index (χ1) is 9.97. The molecule has 1 aromatic rings. The van der Waals surface area contributed by atoms with E-state index < -0.39 is 0 Å². The first-order valence-corrected chi connectivity index (χ1v) is 7.06. The van der Waals surface area contributed by atoms with Gasteiger partial charge in [-0.2, -0.15) is 0 Å². The molecule has 0 aliphatic heterocycles. The SMILES string of the molecule is C=CCN(CC(C)C(=O)OC)C(=O)Cc1ccc(Cl)cc1. The zero-order valence-electron chi connectivity index (χ0n) is 12.3. The van der Waals surface area contributed by atoms with Crippen molar-refractivity contribution >= 4 is 23.5 Å². The largest absolute Gasteiger partial charge is 0.469 e. The number of rotatable bonds is 7. The van der Waals surface area contributed by atoms with Crippen molar-refractivity contribution < 1.29 is 14.3 Å². The standard InChI is InChI=1S/C16H20ClNO3/c1-4-9-18(11-12(2)16(20)21-3)15(19)10-13-5-7-14(17)8-6-13/h4-8,12H,1,9-11H2,2-3H3. The van der Waals surface area contributed by atoms with Gasteiger partial charge >= 0.3 is 5.97 Å². The summed E-state index contributed by atoms with van der Waals surface area (Å²) in [6, 6.07) is 7.13. The monoisotopic (exact) mass is 309 g/mol. The molecule has 0 N–H and O–H groups in total. The van der Waals surface area contributed by atoms with Crippen molar-refractivity contribution in [3.63, 3.8) is 0 Å². The number of carbonyl (C=O) groups is 2. The molecule has 1 aromatic carbocycles. The van der Waals surface area contributed by atoms with Gasteiger partial charge in [0, 0.05) is 18.1 Å². The molecular weight excluding hydrogens is 290 g/mol. The Balaban J connectivity index is 2.70. The number of halogens is 1. The first-order valence-electron chi connectivity index (χ1n) is 6.68. The molecule has 114 valence electrons. The predicted molar refractivity (Wildman–Crippen MR) is 83.1 cm³/mol. The fourth-order valence-electron chi connectivity index (χ4n) is 1.93. The number of methoxy groups -OCH3 is 1. The molecule has 5 heteroatoms. The molecule has 0 heterocycles. The highest BCUT2D eigenvalue weighted by atomic mass is 35.5. The summed E-state index contributed by atoms with van der Waals surface area (Å²) in [4.78, 5) is 25.4. The van der Waals surface area contributed by atoms with Crippen molar-refractivity contribution in [1.29, 1.82) is 0 Å². The second kappa shape index (κ2) is 8.47. The third-order valence-electron chi connectivity index (χ3n) is 3.07. The van der Waals surface area contributed by atoms with Crippen molar-refractivity contribution in [2.24, 2.45) is 5.92 Å². The van der Waals surface area contributed by atoms with E-state index in [-0.39, 0.29) is 24.2 Å². The number of benzene rings is 1. The van der Waals surface area contributed by atoms with E-state index in [0.29, 0.717) is 18.1 Å². The van der Waals surface area contributed by atoms with Crippen LogP contribution >= 0.6 is 11.6 Å². The zero-order valence-corrected chi connectivity index (χ0v) is 13.1. The van der Waals surface area contributed by atoms with Crippen LogP contribution in [0.25, 0.3) is 0 Å². The highest BCUT2D eigenvalue weighted by Crippen LogP contribution is 2.12. The molecular formula is C16H20ClNO3. The van der Waals surface area contributed by atoms with Crippen LogP contribution in [0.5, 0.6) is 0 Å². The Kier molecular flexibility index (Phi) is 6.96. The van der Waals surface area contributed by atoms with Crippen LogP contribution in [0.1, 0.15) is 12.5 Å². The summed E-state index contributed by atoms with van der Waals surface area (Å²) in [6.07, 6.45) is 1.91. The van der Waals surface area contributed by atoms with Crippen molar-refractivity contribution in [2.75, 3.05) is 20.2 Å². The van der Waals surface area contributed by atoms with E-state index >= 15 is 0 Å². The van der Waals surface area contributed by atoms with Crippen LogP contribution in [-0.4, -0.2) is 37.0 Å². The van der Waals surface area contributed by atoms with Crippen LogP contribution in [0.15, 0.2) is 36.9 Å². The Labute approximate surface area is 130 Å².